The van der Waals surface area contributed by atoms with Gasteiger partial charge in [-0.15, -0.1) is 0 Å². The van der Waals surface area contributed by atoms with Gasteiger partial charge in [-0.2, -0.15) is 5.10 Å². The zero-order valence-electron chi connectivity index (χ0n) is 19.5. The molecule has 0 spiro atoms. The lowest BCUT2D eigenvalue weighted by Crippen LogP contribution is -2.32. The number of carbonyl (C=O) groups is 1. The molecule has 8 heteroatoms. The van der Waals surface area contributed by atoms with Gasteiger partial charge in [-0.05, 0) is 57.4 Å². The number of methoxy groups -OCH3 is 2. The van der Waals surface area contributed by atoms with Crippen LogP contribution < -0.4 is 14.8 Å². The number of ether oxygens (including phenoxy) is 2. The summed E-state index contributed by atoms with van der Waals surface area (Å²) in [5, 5.41) is 7.83. The van der Waals surface area contributed by atoms with E-state index in [1.165, 1.54) is 0 Å². The molecule has 1 atom stereocenters. The minimum Gasteiger partial charge on any atom is -0.497 e. The topological polar surface area (TPSA) is 83.2 Å². The predicted octanol–water partition coefficient (Wildman–Crippen LogP) is 3.79. The van der Waals surface area contributed by atoms with Crippen LogP contribution in [-0.2, 0) is 12.6 Å². The van der Waals surface area contributed by atoms with Crippen LogP contribution in [0.1, 0.15) is 73.1 Å². The van der Waals surface area contributed by atoms with Crippen molar-refractivity contribution in [3.05, 3.63) is 59.4 Å². The maximum absolute atomic E-state index is 13.4. The Morgan fingerprint density at radius 3 is 2.28 bits per heavy atom. The number of nitrogens with zero attached hydrogens (tertiary/aromatic N) is 4. The molecule has 0 aliphatic heterocycles. The largest absolute Gasteiger partial charge is 0.497 e. The van der Waals surface area contributed by atoms with Gasteiger partial charge in [-0.25, -0.2) is 4.98 Å². The van der Waals surface area contributed by atoms with E-state index in [2.05, 4.69) is 36.2 Å². The molecule has 3 aromatic rings. The number of rotatable bonds is 7. The minimum absolute atomic E-state index is 0.199. The van der Waals surface area contributed by atoms with Crippen LogP contribution in [0.5, 0.6) is 11.5 Å². The molecule has 0 bridgehead atoms. The van der Waals surface area contributed by atoms with Crippen LogP contribution in [-0.4, -0.2) is 39.5 Å². The second-order valence-corrected chi connectivity index (χ2v) is 9.26. The molecule has 0 radical (unpaired) electrons. The fourth-order valence-corrected chi connectivity index (χ4v) is 3.87. The van der Waals surface area contributed by atoms with Crippen LogP contribution in [0.15, 0.2) is 36.7 Å². The number of hydrogen-bond donors (Lipinski definition) is 1. The molecule has 1 aliphatic carbocycles. The molecule has 1 aromatic carbocycles. The molecule has 4 rings (SSSR count). The standard InChI is InChI=1S/C24H31N5O3/c1-24(2,3)29-20(15-7-8-15)14-19(27-29)23(30)26-21(22-25-9-10-28(22)4)16-11-17(31-5)13-18(12-16)32-6/h9-15,21H,7-8H2,1-6H3,(H,26,30). The van der Waals surface area contributed by atoms with Crippen molar-refractivity contribution in [3.63, 3.8) is 0 Å². The quantitative estimate of drug-likeness (QED) is 0.608. The van der Waals surface area contributed by atoms with Gasteiger partial charge in [0, 0.05) is 37.1 Å². The van der Waals surface area contributed by atoms with Crippen molar-refractivity contribution in [3.8, 4) is 11.5 Å². The van der Waals surface area contributed by atoms with Crippen molar-refractivity contribution < 1.29 is 14.3 Å². The van der Waals surface area contributed by atoms with E-state index in [0.29, 0.717) is 28.9 Å². The molecule has 1 fully saturated rings. The fourth-order valence-electron chi connectivity index (χ4n) is 3.87. The highest BCUT2D eigenvalue weighted by atomic mass is 16.5. The second kappa shape index (κ2) is 8.33. The van der Waals surface area contributed by atoms with Crippen molar-refractivity contribution in [1.29, 1.82) is 0 Å². The van der Waals surface area contributed by atoms with Crippen LogP contribution in [0.4, 0.5) is 0 Å². The van der Waals surface area contributed by atoms with Crippen molar-refractivity contribution in [2.75, 3.05) is 14.2 Å². The Balaban J connectivity index is 1.72. The van der Waals surface area contributed by atoms with Gasteiger partial charge in [0.1, 0.15) is 23.4 Å². The Kier molecular flexibility index (Phi) is 5.71. The number of amides is 1. The number of aromatic nitrogens is 4. The average molecular weight is 438 g/mol. The lowest BCUT2D eigenvalue weighted by molar-refractivity contribution is 0.0934. The number of carbonyl (C=O) groups excluding carboxylic acids is 1. The summed E-state index contributed by atoms with van der Waals surface area (Å²) in [6.45, 7) is 6.31. The number of benzene rings is 1. The van der Waals surface area contributed by atoms with E-state index < -0.39 is 6.04 Å². The summed E-state index contributed by atoms with van der Waals surface area (Å²) in [6.07, 6.45) is 5.85. The maximum Gasteiger partial charge on any atom is 0.272 e. The summed E-state index contributed by atoms with van der Waals surface area (Å²) < 4.78 is 14.8. The zero-order valence-corrected chi connectivity index (χ0v) is 19.5. The van der Waals surface area contributed by atoms with Gasteiger partial charge in [0.15, 0.2) is 5.69 Å². The highest BCUT2D eigenvalue weighted by molar-refractivity contribution is 5.93. The summed E-state index contributed by atoms with van der Waals surface area (Å²) in [7, 11) is 5.11. The smallest absolute Gasteiger partial charge is 0.272 e. The summed E-state index contributed by atoms with van der Waals surface area (Å²) in [6, 6.07) is 6.99. The summed E-state index contributed by atoms with van der Waals surface area (Å²) in [4.78, 5) is 17.9. The number of imidazole rings is 1. The minimum atomic E-state index is -0.504. The Bertz CT molecular complexity index is 1100. The molecule has 1 saturated carbocycles. The van der Waals surface area contributed by atoms with Crippen LogP contribution in [0, 0.1) is 0 Å². The van der Waals surface area contributed by atoms with Crippen LogP contribution in [0.3, 0.4) is 0 Å². The Morgan fingerprint density at radius 2 is 1.78 bits per heavy atom. The van der Waals surface area contributed by atoms with Crippen molar-refractivity contribution >= 4 is 5.91 Å². The maximum atomic E-state index is 13.4. The molecule has 1 N–H and O–H groups in total. The highest BCUT2D eigenvalue weighted by Crippen LogP contribution is 2.41. The monoisotopic (exact) mass is 437 g/mol. The third-order valence-electron chi connectivity index (χ3n) is 5.70. The first-order valence-electron chi connectivity index (χ1n) is 10.8. The van der Waals surface area contributed by atoms with E-state index >= 15 is 0 Å². The first kappa shape index (κ1) is 21.9. The van der Waals surface area contributed by atoms with Crippen molar-refractivity contribution in [2.24, 2.45) is 7.05 Å². The lowest BCUT2D eigenvalue weighted by Gasteiger charge is -2.22. The highest BCUT2D eigenvalue weighted by Gasteiger charge is 2.33. The molecule has 1 amide bonds. The molecule has 32 heavy (non-hydrogen) atoms. The van der Waals surface area contributed by atoms with Crippen molar-refractivity contribution in [2.45, 2.75) is 51.1 Å². The molecule has 0 saturated heterocycles. The van der Waals surface area contributed by atoms with Gasteiger partial charge in [-0.3, -0.25) is 9.48 Å². The predicted molar refractivity (Wildman–Crippen MR) is 121 cm³/mol. The second-order valence-electron chi connectivity index (χ2n) is 9.26. The van der Waals surface area contributed by atoms with Gasteiger partial charge in [0.25, 0.3) is 5.91 Å². The summed E-state index contributed by atoms with van der Waals surface area (Å²) in [5.74, 6) is 2.22. The molecular formula is C24H31N5O3. The Morgan fingerprint density at radius 1 is 1.12 bits per heavy atom. The van der Waals surface area contributed by atoms with Crippen molar-refractivity contribution in [1.82, 2.24) is 24.6 Å². The van der Waals surface area contributed by atoms with E-state index in [1.54, 1.807) is 26.5 Å². The van der Waals surface area contributed by atoms with Crippen LogP contribution in [0.25, 0.3) is 0 Å². The summed E-state index contributed by atoms with van der Waals surface area (Å²) >= 11 is 0. The van der Waals surface area contributed by atoms with Gasteiger partial charge in [-0.1, -0.05) is 0 Å². The molecule has 1 unspecified atom stereocenters. The van der Waals surface area contributed by atoms with Gasteiger partial charge >= 0.3 is 0 Å². The van der Waals surface area contributed by atoms with Gasteiger partial charge in [0.05, 0.1) is 19.8 Å². The molecule has 8 nitrogen and oxygen atoms in total. The Labute approximate surface area is 188 Å². The van der Waals surface area contributed by atoms with Crippen LogP contribution >= 0.6 is 0 Å². The third kappa shape index (κ3) is 4.35. The first-order chi connectivity index (χ1) is 15.2. The average Bonchev–Trinajstić information content (AvgIpc) is 3.35. The first-order valence-corrected chi connectivity index (χ1v) is 10.8. The van der Waals surface area contributed by atoms with Crippen LogP contribution in [0.2, 0.25) is 0 Å². The fraction of sp³-hybridized carbons (Fsp3) is 0.458. The number of nitrogens with one attached hydrogen (secondary N) is 1. The van der Waals surface area contributed by atoms with Gasteiger partial charge in [0.2, 0.25) is 0 Å². The molecule has 2 heterocycles. The SMILES string of the molecule is COc1cc(OC)cc(C(NC(=O)c2cc(C3CC3)n(C(C)(C)C)n2)c2nccn2C)c1. The third-order valence-corrected chi connectivity index (χ3v) is 5.70. The molecular weight excluding hydrogens is 406 g/mol. The molecule has 1 aliphatic rings. The number of aryl methyl sites for hydroxylation is 1. The molecule has 2 aromatic heterocycles. The van der Waals surface area contributed by atoms with E-state index in [1.807, 2.05) is 40.7 Å². The van der Waals surface area contributed by atoms with E-state index in [-0.39, 0.29) is 11.4 Å². The van der Waals surface area contributed by atoms with E-state index in [0.717, 1.165) is 24.1 Å². The lowest BCUT2D eigenvalue weighted by atomic mass is 10.0. The number of hydrogen-bond acceptors (Lipinski definition) is 5. The Hall–Kier alpha value is -3.29. The normalized spacial score (nSPS) is 14.8. The van der Waals surface area contributed by atoms with Gasteiger partial charge < -0.3 is 19.4 Å². The van der Waals surface area contributed by atoms with E-state index in [4.69, 9.17) is 9.47 Å². The molecule has 170 valence electrons. The zero-order chi connectivity index (χ0) is 23.0. The van der Waals surface area contributed by atoms with E-state index in [9.17, 15) is 4.79 Å². The summed E-state index contributed by atoms with van der Waals surface area (Å²) in [5.41, 5.74) is 2.15.